The van der Waals surface area contributed by atoms with Crippen LogP contribution in [0.4, 0.5) is 0 Å². The van der Waals surface area contributed by atoms with Crippen LogP contribution in [-0.2, 0) is 7.05 Å². The van der Waals surface area contributed by atoms with E-state index < -0.39 is 0 Å². The first-order valence-electron chi connectivity index (χ1n) is 1.62. The second-order valence-electron chi connectivity index (χ2n) is 0.987. The van der Waals surface area contributed by atoms with E-state index in [9.17, 15) is 0 Å². The van der Waals surface area contributed by atoms with Crippen molar-refractivity contribution in [3.8, 4) is 0 Å². The number of aryl methyl sites for hydroxylation is 1. The molecule has 3 nitrogen and oxygen atoms in total. The van der Waals surface area contributed by atoms with Crippen LogP contribution in [0.2, 0.25) is 0 Å². The summed E-state index contributed by atoms with van der Waals surface area (Å²) >= 11 is 0. The van der Waals surface area contributed by atoms with Gasteiger partial charge >= 0.3 is 0 Å². The Bertz CT molecular complexity index is 110. The van der Waals surface area contributed by atoms with E-state index in [0.717, 1.165) is 0 Å². The summed E-state index contributed by atoms with van der Waals surface area (Å²) in [5, 5.41) is 7.01. The molecule has 0 aliphatic heterocycles. The number of nitrogens with zero attached hydrogens (tertiary/aromatic N) is 3. The van der Waals surface area contributed by atoms with Gasteiger partial charge < -0.3 is 10.9 Å². The Kier molecular flexibility index (Phi) is 0.602. The average molecular weight is 82.1 g/mol. The van der Waals surface area contributed by atoms with Gasteiger partial charge in [-0.15, -0.1) is 11.4 Å². The standard InChI is InChI=1S/C3H4N3/c1-6-3-2-4-5-6/h2H,1H3/q-1. The highest BCUT2D eigenvalue weighted by atomic mass is 15.4. The highest BCUT2D eigenvalue weighted by Gasteiger charge is 1.55. The molecule has 0 atom stereocenters. The van der Waals surface area contributed by atoms with Crippen LogP contribution in [0.5, 0.6) is 0 Å². The van der Waals surface area contributed by atoms with Gasteiger partial charge in [0.25, 0.3) is 0 Å². The van der Waals surface area contributed by atoms with Gasteiger partial charge in [-0.25, -0.2) is 0 Å². The van der Waals surface area contributed by atoms with Crippen molar-refractivity contribution in [2.45, 2.75) is 0 Å². The first kappa shape index (κ1) is 3.33. The topological polar surface area (TPSA) is 30.7 Å². The maximum atomic E-state index is 3.53. The van der Waals surface area contributed by atoms with Crippen LogP contribution in [0.3, 0.4) is 0 Å². The fourth-order valence-corrected chi connectivity index (χ4v) is 0.238. The van der Waals surface area contributed by atoms with Gasteiger partial charge in [-0.3, -0.25) is 0 Å². The molecule has 1 aromatic rings. The van der Waals surface area contributed by atoms with Gasteiger partial charge in [-0.1, -0.05) is 0 Å². The summed E-state index contributed by atoms with van der Waals surface area (Å²) in [4.78, 5) is 0. The smallest absolute Gasteiger partial charge is 0.00621 e. The van der Waals surface area contributed by atoms with E-state index >= 15 is 0 Å². The summed E-state index contributed by atoms with van der Waals surface area (Å²) in [5.74, 6) is 0. The number of rotatable bonds is 0. The zero-order valence-electron chi connectivity index (χ0n) is 3.42. The Morgan fingerprint density at radius 3 is 2.83 bits per heavy atom. The van der Waals surface area contributed by atoms with E-state index in [0.29, 0.717) is 0 Å². The number of hydrogen-bond acceptors (Lipinski definition) is 2. The fourth-order valence-electron chi connectivity index (χ4n) is 0.238. The van der Waals surface area contributed by atoms with Gasteiger partial charge in [-0.2, -0.15) is 5.10 Å². The first-order chi connectivity index (χ1) is 2.89. The van der Waals surface area contributed by atoms with Crippen LogP contribution in [-0.4, -0.2) is 15.0 Å². The van der Waals surface area contributed by atoms with E-state index in [-0.39, 0.29) is 0 Å². The lowest BCUT2D eigenvalue weighted by Crippen LogP contribution is -1.86. The van der Waals surface area contributed by atoms with Crippen molar-refractivity contribution in [2.24, 2.45) is 7.05 Å². The van der Waals surface area contributed by atoms with E-state index in [1.165, 1.54) is 10.9 Å². The Balaban J connectivity index is 3.05. The lowest BCUT2D eigenvalue weighted by Gasteiger charge is -1.90. The second kappa shape index (κ2) is 1.08. The molecule has 32 valence electrons. The van der Waals surface area contributed by atoms with E-state index in [1.807, 2.05) is 0 Å². The van der Waals surface area contributed by atoms with Crippen LogP contribution < -0.4 is 0 Å². The lowest BCUT2D eigenvalue weighted by atomic mass is 10.9. The van der Waals surface area contributed by atoms with Crippen molar-refractivity contribution in [2.75, 3.05) is 0 Å². The van der Waals surface area contributed by atoms with Crippen molar-refractivity contribution in [1.29, 1.82) is 0 Å². The maximum Gasteiger partial charge on any atom is -0.00621 e. The molecule has 0 radical (unpaired) electrons. The molecule has 0 aliphatic carbocycles. The van der Waals surface area contributed by atoms with Gasteiger partial charge in [0.15, 0.2) is 0 Å². The summed E-state index contributed by atoms with van der Waals surface area (Å²) in [6, 6.07) is 0. The molecule has 0 amide bonds. The third-order valence-electron chi connectivity index (χ3n) is 0.488. The van der Waals surface area contributed by atoms with E-state index in [1.54, 1.807) is 7.05 Å². The summed E-state index contributed by atoms with van der Waals surface area (Å²) in [6.45, 7) is 0. The summed E-state index contributed by atoms with van der Waals surface area (Å²) < 4.78 is 1.51. The molecule has 3 heteroatoms. The highest BCUT2D eigenvalue weighted by molar-refractivity contribution is 4.55. The molecule has 0 bridgehead atoms. The first-order valence-corrected chi connectivity index (χ1v) is 1.62. The molecule has 0 saturated heterocycles. The molecule has 0 N–H and O–H groups in total. The molecule has 0 unspecified atom stereocenters. The van der Waals surface area contributed by atoms with Gasteiger partial charge in [-0.05, 0) is 7.05 Å². The van der Waals surface area contributed by atoms with Gasteiger partial charge in [0.2, 0.25) is 0 Å². The lowest BCUT2D eigenvalue weighted by molar-refractivity contribution is 0.710. The number of hydrogen-bond donors (Lipinski definition) is 0. The van der Waals surface area contributed by atoms with Crippen LogP contribution >= 0.6 is 0 Å². The van der Waals surface area contributed by atoms with Crippen molar-refractivity contribution < 1.29 is 0 Å². The fraction of sp³-hybridized carbons (Fsp3) is 0.333. The monoisotopic (exact) mass is 82.0 g/mol. The third-order valence-corrected chi connectivity index (χ3v) is 0.488. The van der Waals surface area contributed by atoms with Crippen molar-refractivity contribution in [3.05, 3.63) is 12.4 Å². The summed E-state index contributed by atoms with van der Waals surface area (Å²) in [5.41, 5.74) is 0. The Hall–Kier alpha value is -0.860. The van der Waals surface area contributed by atoms with Crippen LogP contribution in [0, 0.1) is 6.20 Å². The molecule has 6 heavy (non-hydrogen) atoms. The van der Waals surface area contributed by atoms with Gasteiger partial charge in [0.1, 0.15) is 0 Å². The summed E-state index contributed by atoms with van der Waals surface area (Å²) in [7, 11) is 1.77. The van der Waals surface area contributed by atoms with Crippen LogP contribution in [0.25, 0.3) is 0 Å². The maximum absolute atomic E-state index is 3.53. The Morgan fingerprint density at radius 1 is 1.83 bits per heavy atom. The van der Waals surface area contributed by atoms with Crippen LogP contribution in [0.1, 0.15) is 0 Å². The third kappa shape index (κ3) is 0.381. The molecule has 0 aromatic carbocycles. The SMILES string of the molecule is Cn1[c-]cnn1. The quantitative estimate of drug-likeness (QED) is 0.399. The molecule has 0 spiro atoms. The largest absolute Gasteiger partial charge is 0.429 e. The van der Waals surface area contributed by atoms with Crippen molar-refractivity contribution in [3.63, 3.8) is 0 Å². The average Bonchev–Trinajstić information content (AvgIpc) is 1.86. The highest BCUT2D eigenvalue weighted by Crippen LogP contribution is 1.64. The predicted molar refractivity (Wildman–Crippen MR) is 19.8 cm³/mol. The molecular formula is C3H4N3-. The zero-order chi connectivity index (χ0) is 4.41. The van der Waals surface area contributed by atoms with E-state index in [2.05, 4.69) is 16.5 Å². The molecule has 1 heterocycles. The number of aromatic nitrogens is 3. The summed E-state index contributed by atoms with van der Waals surface area (Å²) in [6.07, 6.45) is 4.21. The molecule has 1 rings (SSSR count). The minimum atomic E-state index is 1.51. The second-order valence-corrected chi connectivity index (χ2v) is 0.987. The molecular weight excluding hydrogens is 78.1 g/mol. The van der Waals surface area contributed by atoms with Gasteiger partial charge in [0, 0.05) is 0 Å². The van der Waals surface area contributed by atoms with E-state index in [4.69, 9.17) is 0 Å². The predicted octanol–water partition coefficient (Wildman–Crippen LogP) is -0.385. The minimum absolute atomic E-state index is 1.51. The van der Waals surface area contributed by atoms with Crippen molar-refractivity contribution >= 4 is 0 Å². The molecule has 0 aliphatic rings. The molecule has 0 fully saturated rings. The Morgan fingerprint density at radius 2 is 2.67 bits per heavy atom. The van der Waals surface area contributed by atoms with Crippen molar-refractivity contribution in [1.82, 2.24) is 15.0 Å². The Labute approximate surface area is 35.6 Å². The molecule has 1 aromatic heterocycles. The van der Waals surface area contributed by atoms with Crippen LogP contribution in [0.15, 0.2) is 6.20 Å². The van der Waals surface area contributed by atoms with Gasteiger partial charge in [0.05, 0.1) is 0 Å². The minimum Gasteiger partial charge on any atom is -0.429 e. The molecule has 0 saturated carbocycles. The zero-order valence-corrected chi connectivity index (χ0v) is 3.42. The normalized spacial score (nSPS) is 8.83.